The molecule has 0 unspecified atom stereocenters. The Balaban J connectivity index is 2.88. The highest BCUT2D eigenvalue weighted by Crippen LogP contribution is 2.08. The average Bonchev–Trinajstić information content (AvgIpc) is 2.34. The summed E-state index contributed by atoms with van der Waals surface area (Å²) in [6.07, 6.45) is 1.69. The van der Waals surface area contributed by atoms with E-state index in [0.29, 0.717) is 12.2 Å². The van der Waals surface area contributed by atoms with Crippen LogP contribution in [0.5, 0.6) is 5.95 Å². The van der Waals surface area contributed by atoms with E-state index in [2.05, 4.69) is 9.79 Å². The van der Waals surface area contributed by atoms with E-state index in [-0.39, 0.29) is 5.95 Å². The van der Waals surface area contributed by atoms with Crippen molar-refractivity contribution in [3.63, 3.8) is 0 Å². The molecule has 0 aliphatic carbocycles. The Morgan fingerprint density at radius 1 is 1.55 bits per heavy atom. The SMILES string of the molecule is CCCc1c([O-])on[n+]1CC. The summed E-state index contributed by atoms with van der Waals surface area (Å²) in [4.78, 5) is 0. The number of rotatable bonds is 3. The second kappa shape index (κ2) is 3.37. The highest BCUT2D eigenvalue weighted by atomic mass is 16.6. The highest BCUT2D eigenvalue weighted by molar-refractivity contribution is 5.02. The van der Waals surface area contributed by atoms with Crippen molar-refractivity contribution in [1.82, 2.24) is 5.27 Å². The minimum atomic E-state index is -0.297. The lowest BCUT2D eigenvalue weighted by molar-refractivity contribution is -0.765. The van der Waals surface area contributed by atoms with E-state index in [9.17, 15) is 5.11 Å². The minimum Gasteiger partial charge on any atom is -0.539 e. The Morgan fingerprint density at radius 2 is 2.27 bits per heavy atom. The fourth-order valence-electron chi connectivity index (χ4n) is 1.01. The Hall–Kier alpha value is -1.06. The van der Waals surface area contributed by atoms with Gasteiger partial charge in [0.2, 0.25) is 5.69 Å². The van der Waals surface area contributed by atoms with Gasteiger partial charge in [-0.1, -0.05) is 11.6 Å². The molecule has 11 heavy (non-hydrogen) atoms. The van der Waals surface area contributed by atoms with E-state index in [4.69, 9.17) is 0 Å². The summed E-state index contributed by atoms with van der Waals surface area (Å²) in [7, 11) is 0. The van der Waals surface area contributed by atoms with Crippen LogP contribution in [0.4, 0.5) is 0 Å². The van der Waals surface area contributed by atoms with Gasteiger partial charge >= 0.3 is 0 Å². The largest absolute Gasteiger partial charge is 0.539 e. The van der Waals surface area contributed by atoms with Crippen LogP contribution in [0.2, 0.25) is 0 Å². The zero-order valence-corrected chi connectivity index (χ0v) is 6.83. The number of hydrogen-bond acceptors (Lipinski definition) is 3. The maximum absolute atomic E-state index is 10.9. The lowest BCUT2D eigenvalue weighted by Gasteiger charge is -1.92. The van der Waals surface area contributed by atoms with Crippen LogP contribution in [0, 0.1) is 0 Å². The van der Waals surface area contributed by atoms with Crippen molar-refractivity contribution in [2.24, 2.45) is 0 Å². The van der Waals surface area contributed by atoms with Gasteiger partial charge in [0.05, 0.1) is 5.27 Å². The third-order valence-electron chi connectivity index (χ3n) is 1.56. The molecule has 1 aromatic rings. The number of aryl methyl sites for hydroxylation is 1. The molecule has 4 heteroatoms. The lowest BCUT2D eigenvalue weighted by Crippen LogP contribution is -2.38. The third-order valence-corrected chi connectivity index (χ3v) is 1.56. The minimum absolute atomic E-state index is 0.297. The van der Waals surface area contributed by atoms with E-state index in [1.54, 1.807) is 4.68 Å². The third kappa shape index (κ3) is 1.50. The van der Waals surface area contributed by atoms with E-state index in [1.165, 1.54) is 0 Å². The Kier molecular flexibility index (Phi) is 2.46. The van der Waals surface area contributed by atoms with Gasteiger partial charge in [-0.3, -0.25) is 0 Å². The smallest absolute Gasteiger partial charge is 0.233 e. The van der Waals surface area contributed by atoms with Crippen molar-refractivity contribution in [2.75, 3.05) is 0 Å². The monoisotopic (exact) mass is 156 g/mol. The fraction of sp³-hybridized carbons (Fsp3) is 0.714. The fourth-order valence-corrected chi connectivity index (χ4v) is 1.01. The van der Waals surface area contributed by atoms with Gasteiger partial charge in [-0.25, -0.2) is 0 Å². The molecule has 0 atom stereocenters. The molecule has 0 spiro atoms. The molecule has 1 heterocycles. The van der Waals surface area contributed by atoms with Crippen LogP contribution in [0.3, 0.4) is 0 Å². The summed E-state index contributed by atoms with van der Waals surface area (Å²) in [5.74, 6) is -0.297. The van der Waals surface area contributed by atoms with Crippen LogP contribution >= 0.6 is 0 Å². The predicted octanol–water partition coefficient (Wildman–Crippen LogP) is 0.00810. The molecule has 1 rings (SSSR count). The van der Waals surface area contributed by atoms with E-state index >= 15 is 0 Å². The molecule has 0 N–H and O–H groups in total. The topological polar surface area (TPSA) is 53.0 Å². The predicted molar refractivity (Wildman–Crippen MR) is 35.8 cm³/mol. The summed E-state index contributed by atoms with van der Waals surface area (Å²) < 4.78 is 6.10. The summed E-state index contributed by atoms with van der Waals surface area (Å²) in [6.45, 7) is 4.65. The van der Waals surface area contributed by atoms with Crippen LogP contribution < -0.4 is 9.79 Å². The highest BCUT2D eigenvalue weighted by Gasteiger charge is 2.13. The van der Waals surface area contributed by atoms with Crippen molar-refractivity contribution in [1.29, 1.82) is 0 Å². The molecule has 0 saturated carbocycles. The van der Waals surface area contributed by atoms with E-state index in [0.717, 1.165) is 12.8 Å². The summed E-state index contributed by atoms with van der Waals surface area (Å²) >= 11 is 0. The Labute approximate surface area is 65.4 Å². The standard InChI is InChI=1S/C7H12N2O2/c1-3-5-6-7(10)11-8-9(6)4-2/h3-5H2,1-2H3. The first-order valence-corrected chi connectivity index (χ1v) is 3.85. The van der Waals surface area contributed by atoms with Crippen molar-refractivity contribution >= 4 is 0 Å². The molecule has 0 bridgehead atoms. The van der Waals surface area contributed by atoms with Gasteiger partial charge in [-0.2, -0.15) is 0 Å². The van der Waals surface area contributed by atoms with Crippen LogP contribution in [-0.2, 0) is 13.0 Å². The summed E-state index contributed by atoms with van der Waals surface area (Å²) in [5, 5.41) is 14.5. The maximum atomic E-state index is 10.9. The van der Waals surface area contributed by atoms with Crippen LogP contribution in [0.1, 0.15) is 26.0 Å². The second-order valence-electron chi connectivity index (χ2n) is 2.37. The number of nitrogens with zero attached hydrogens (tertiary/aromatic N) is 2. The van der Waals surface area contributed by atoms with Crippen molar-refractivity contribution in [3.8, 4) is 5.95 Å². The molecule has 0 aromatic carbocycles. The summed E-state index contributed by atoms with van der Waals surface area (Å²) in [5.41, 5.74) is 0.676. The molecule has 0 aliphatic heterocycles. The van der Waals surface area contributed by atoms with E-state index in [1.807, 2.05) is 13.8 Å². The molecule has 0 saturated heterocycles. The molecule has 0 amide bonds. The quantitative estimate of drug-likeness (QED) is 0.579. The first-order valence-electron chi connectivity index (χ1n) is 3.85. The first-order chi connectivity index (χ1) is 5.29. The van der Waals surface area contributed by atoms with Crippen LogP contribution in [0.25, 0.3) is 0 Å². The van der Waals surface area contributed by atoms with Crippen LogP contribution in [-0.4, -0.2) is 5.27 Å². The number of hydrogen-bond donors (Lipinski definition) is 0. The second-order valence-corrected chi connectivity index (χ2v) is 2.37. The molecule has 4 nitrogen and oxygen atoms in total. The molecule has 0 fully saturated rings. The molecule has 0 radical (unpaired) electrons. The molecular formula is C7H12N2O2. The van der Waals surface area contributed by atoms with Crippen molar-refractivity contribution in [3.05, 3.63) is 5.69 Å². The van der Waals surface area contributed by atoms with Crippen molar-refractivity contribution in [2.45, 2.75) is 33.2 Å². The van der Waals surface area contributed by atoms with Crippen molar-refractivity contribution < 1.29 is 14.3 Å². The molecule has 1 aromatic heterocycles. The number of aromatic nitrogens is 2. The van der Waals surface area contributed by atoms with Crippen LogP contribution in [0.15, 0.2) is 4.52 Å². The Morgan fingerprint density at radius 3 is 2.82 bits per heavy atom. The molecule has 62 valence electrons. The van der Waals surface area contributed by atoms with Gasteiger partial charge < -0.3 is 9.63 Å². The summed E-state index contributed by atoms with van der Waals surface area (Å²) in [6, 6.07) is 0. The molecule has 0 aliphatic rings. The maximum Gasteiger partial charge on any atom is 0.233 e. The molecular weight excluding hydrogens is 144 g/mol. The van der Waals surface area contributed by atoms with Gasteiger partial charge in [-0.15, -0.1) is 0 Å². The Bertz CT molecular complexity index is 232. The van der Waals surface area contributed by atoms with Gasteiger partial charge in [-0.05, 0) is 13.3 Å². The first kappa shape index (κ1) is 8.04. The normalized spacial score (nSPS) is 10.4. The van der Waals surface area contributed by atoms with E-state index < -0.39 is 0 Å². The zero-order chi connectivity index (χ0) is 8.27. The average molecular weight is 156 g/mol. The van der Waals surface area contributed by atoms with Gasteiger partial charge in [0.15, 0.2) is 12.5 Å². The van der Waals surface area contributed by atoms with Gasteiger partial charge in [0.25, 0.3) is 0 Å². The van der Waals surface area contributed by atoms with Gasteiger partial charge in [0, 0.05) is 6.42 Å². The van der Waals surface area contributed by atoms with Gasteiger partial charge in [0.1, 0.15) is 0 Å². The lowest BCUT2D eigenvalue weighted by atomic mass is 10.2. The zero-order valence-electron chi connectivity index (χ0n) is 6.83.